The highest BCUT2D eigenvalue weighted by Gasteiger charge is 2.28. The Morgan fingerprint density at radius 1 is 0.857 bits per heavy atom. The SMILES string of the molecule is O=C(COC(=O)c1c2c(nc3ccccc13)/C(=C\c1cccc(Oc3ccccc3)c1)CC2)Nc1ccc(Cl)cc1Cl. The van der Waals surface area contributed by atoms with Crippen molar-refractivity contribution >= 4 is 63.3 Å². The molecule has 1 aromatic heterocycles. The lowest BCUT2D eigenvalue weighted by Gasteiger charge is -2.13. The van der Waals surface area contributed by atoms with Gasteiger partial charge in [0.25, 0.3) is 5.91 Å². The van der Waals surface area contributed by atoms with Crippen LogP contribution in [0.2, 0.25) is 10.0 Å². The van der Waals surface area contributed by atoms with Gasteiger partial charge in [0.2, 0.25) is 0 Å². The van der Waals surface area contributed by atoms with Gasteiger partial charge in [0.15, 0.2) is 6.61 Å². The van der Waals surface area contributed by atoms with Crippen molar-refractivity contribution in [1.29, 1.82) is 0 Å². The van der Waals surface area contributed by atoms with Crippen LogP contribution in [0.1, 0.15) is 33.6 Å². The number of para-hydroxylation sites is 2. The third-order valence-corrected chi connectivity index (χ3v) is 7.41. The van der Waals surface area contributed by atoms with E-state index in [1.807, 2.05) is 78.9 Å². The van der Waals surface area contributed by atoms with E-state index in [-0.39, 0.29) is 5.02 Å². The van der Waals surface area contributed by atoms with Crippen LogP contribution in [0.5, 0.6) is 11.5 Å². The van der Waals surface area contributed by atoms with Crippen LogP contribution in [0.4, 0.5) is 5.69 Å². The number of nitrogens with one attached hydrogen (secondary N) is 1. The third-order valence-electron chi connectivity index (χ3n) is 6.86. The van der Waals surface area contributed by atoms with Gasteiger partial charge in [-0.05, 0) is 84.1 Å². The first-order valence-corrected chi connectivity index (χ1v) is 14.1. The highest BCUT2D eigenvalue weighted by molar-refractivity contribution is 6.36. The van der Waals surface area contributed by atoms with Gasteiger partial charge >= 0.3 is 5.97 Å². The molecule has 8 heteroatoms. The Balaban J connectivity index is 1.26. The number of ether oxygens (including phenoxy) is 2. The van der Waals surface area contributed by atoms with Gasteiger partial charge in [-0.1, -0.05) is 71.7 Å². The summed E-state index contributed by atoms with van der Waals surface area (Å²) < 4.78 is 11.5. The van der Waals surface area contributed by atoms with E-state index < -0.39 is 18.5 Å². The van der Waals surface area contributed by atoms with Crippen molar-refractivity contribution in [3.8, 4) is 11.5 Å². The van der Waals surface area contributed by atoms with E-state index in [1.165, 1.54) is 6.07 Å². The Morgan fingerprint density at radius 3 is 2.48 bits per heavy atom. The lowest BCUT2D eigenvalue weighted by molar-refractivity contribution is -0.119. The predicted octanol–water partition coefficient (Wildman–Crippen LogP) is 8.62. The maximum atomic E-state index is 13.5. The number of carbonyl (C=O) groups excluding carboxylic acids is 2. The maximum absolute atomic E-state index is 13.5. The second kappa shape index (κ2) is 12.1. The van der Waals surface area contributed by atoms with E-state index in [0.717, 1.165) is 33.9 Å². The maximum Gasteiger partial charge on any atom is 0.339 e. The number of anilines is 1. The molecule has 6 nitrogen and oxygen atoms in total. The Hall–Kier alpha value is -4.65. The van der Waals surface area contributed by atoms with Gasteiger partial charge in [0.05, 0.1) is 27.5 Å². The molecule has 208 valence electrons. The van der Waals surface area contributed by atoms with Gasteiger partial charge in [0.1, 0.15) is 11.5 Å². The topological polar surface area (TPSA) is 77.5 Å². The van der Waals surface area contributed by atoms with Crippen molar-refractivity contribution in [3.63, 3.8) is 0 Å². The van der Waals surface area contributed by atoms with Crippen LogP contribution in [0.3, 0.4) is 0 Å². The fourth-order valence-corrected chi connectivity index (χ4v) is 5.44. The largest absolute Gasteiger partial charge is 0.457 e. The number of hydrogen-bond acceptors (Lipinski definition) is 5. The molecule has 0 spiro atoms. The second-order valence-electron chi connectivity index (χ2n) is 9.74. The summed E-state index contributed by atoms with van der Waals surface area (Å²) in [4.78, 5) is 31.0. The number of aromatic nitrogens is 1. The standard InChI is InChI=1S/C34H24Cl2N2O4/c35-23-14-16-30(28(36)19-23)37-31(39)20-41-34(40)32-26-11-4-5-12-29(26)38-33-22(13-15-27(32)33)17-21-7-6-10-25(18-21)42-24-8-2-1-3-9-24/h1-12,14,16-19H,13,15,20H2,(H,37,39)/b22-17-. The van der Waals surface area contributed by atoms with Crippen LogP contribution in [-0.4, -0.2) is 23.5 Å². The first-order valence-electron chi connectivity index (χ1n) is 13.3. The van der Waals surface area contributed by atoms with Crippen molar-refractivity contribution in [2.45, 2.75) is 12.8 Å². The van der Waals surface area contributed by atoms with Crippen LogP contribution < -0.4 is 10.1 Å². The molecule has 5 aromatic rings. The molecule has 0 unspecified atom stereocenters. The van der Waals surface area contributed by atoms with Crippen molar-refractivity contribution in [3.05, 3.63) is 129 Å². The summed E-state index contributed by atoms with van der Waals surface area (Å²) in [5.74, 6) is 0.389. The second-order valence-corrected chi connectivity index (χ2v) is 10.6. The number of esters is 1. The summed E-state index contributed by atoms with van der Waals surface area (Å²) >= 11 is 12.1. The van der Waals surface area contributed by atoms with Crippen LogP contribution in [-0.2, 0) is 16.0 Å². The Kier molecular flexibility index (Phi) is 7.91. The third kappa shape index (κ3) is 6.00. The van der Waals surface area contributed by atoms with E-state index in [2.05, 4.69) is 11.4 Å². The van der Waals surface area contributed by atoms with Crippen LogP contribution in [0.15, 0.2) is 97.1 Å². The zero-order chi connectivity index (χ0) is 29.1. The fourth-order valence-electron chi connectivity index (χ4n) is 4.99. The lowest BCUT2D eigenvalue weighted by atomic mass is 10.0. The van der Waals surface area contributed by atoms with Crippen LogP contribution >= 0.6 is 23.2 Å². The lowest BCUT2D eigenvalue weighted by Crippen LogP contribution is -2.22. The number of halogens is 2. The highest BCUT2D eigenvalue weighted by Crippen LogP contribution is 2.38. The first-order chi connectivity index (χ1) is 20.4. The molecule has 42 heavy (non-hydrogen) atoms. The molecule has 0 bridgehead atoms. The van der Waals surface area contributed by atoms with Gasteiger partial charge in [-0.15, -0.1) is 0 Å². The predicted molar refractivity (Wildman–Crippen MR) is 166 cm³/mol. The molecule has 0 atom stereocenters. The van der Waals surface area contributed by atoms with E-state index in [1.54, 1.807) is 12.1 Å². The summed E-state index contributed by atoms with van der Waals surface area (Å²) in [7, 11) is 0. The zero-order valence-corrected chi connectivity index (χ0v) is 23.8. The summed E-state index contributed by atoms with van der Waals surface area (Å²) in [6.07, 6.45) is 3.40. The van der Waals surface area contributed by atoms with Crippen molar-refractivity contribution in [2.75, 3.05) is 11.9 Å². The molecule has 0 saturated heterocycles. The number of fused-ring (bicyclic) bond motifs is 2. The molecule has 1 aliphatic rings. The zero-order valence-electron chi connectivity index (χ0n) is 22.3. The molecule has 1 amide bonds. The number of benzene rings is 4. The molecule has 4 aromatic carbocycles. The molecule has 6 rings (SSSR count). The molecule has 1 aliphatic carbocycles. The van der Waals surface area contributed by atoms with Crippen LogP contribution in [0, 0.1) is 0 Å². The Labute approximate surface area is 252 Å². The molecule has 0 saturated carbocycles. The first kappa shape index (κ1) is 27.5. The van der Waals surface area contributed by atoms with Crippen LogP contribution in [0.25, 0.3) is 22.6 Å². The van der Waals surface area contributed by atoms with E-state index in [9.17, 15) is 9.59 Å². The minimum atomic E-state index is -0.582. The minimum Gasteiger partial charge on any atom is -0.457 e. The quantitative estimate of drug-likeness (QED) is 0.191. The molecule has 0 aliphatic heterocycles. The molecule has 0 fully saturated rings. The highest BCUT2D eigenvalue weighted by atomic mass is 35.5. The minimum absolute atomic E-state index is 0.289. The Morgan fingerprint density at radius 2 is 1.64 bits per heavy atom. The summed E-state index contributed by atoms with van der Waals surface area (Å²) in [6.45, 7) is -0.472. The van der Waals surface area contributed by atoms with Gasteiger partial charge in [-0.3, -0.25) is 4.79 Å². The Bertz CT molecular complexity index is 1850. The van der Waals surface area contributed by atoms with E-state index >= 15 is 0 Å². The fraction of sp³-hybridized carbons (Fsp3) is 0.0882. The molecule has 1 N–H and O–H groups in total. The van der Waals surface area contributed by atoms with E-state index in [4.69, 9.17) is 37.7 Å². The van der Waals surface area contributed by atoms with Crippen molar-refractivity contribution < 1.29 is 19.1 Å². The summed E-state index contributed by atoms with van der Waals surface area (Å²) in [6, 6.07) is 29.6. The summed E-state index contributed by atoms with van der Waals surface area (Å²) in [5, 5.41) is 4.07. The number of pyridine rings is 1. The number of carbonyl (C=O) groups is 2. The average Bonchev–Trinajstić information content (AvgIpc) is 3.38. The summed E-state index contributed by atoms with van der Waals surface area (Å²) in [5.41, 5.74) is 5.02. The van der Waals surface area contributed by atoms with Gasteiger partial charge in [0, 0.05) is 10.4 Å². The average molecular weight is 595 g/mol. The number of hydrogen-bond donors (Lipinski definition) is 1. The van der Waals surface area contributed by atoms with Gasteiger partial charge in [-0.2, -0.15) is 0 Å². The molecule has 1 heterocycles. The molecular formula is C34H24Cl2N2O4. The van der Waals surface area contributed by atoms with Crippen molar-refractivity contribution in [1.82, 2.24) is 4.98 Å². The monoisotopic (exact) mass is 594 g/mol. The smallest absolute Gasteiger partial charge is 0.339 e. The molecule has 0 radical (unpaired) electrons. The van der Waals surface area contributed by atoms with E-state index in [0.29, 0.717) is 40.0 Å². The number of allylic oxidation sites excluding steroid dienone is 1. The van der Waals surface area contributed by atoms with Gasteiger partial charge < -0.3 is 14.8 Å². The number of rotatable bonds is 7. The van der Waals surface area contributed by atoms with Crippen molar-refractivity contribution in [2.24, 2.45) is 0 Å². The van der Waals surface area contributed by atoms with Gasteiger partial charge in [-0.25, -0.2) is 9.78 Å². The molecular weight excluding hydrogens is 571 g/mol. The number of nitrogens with zero attached hydrogens (tertiary/aromatic N) is 1. The number of amides is 1. The normalized spacial score (nSPS) is 13.1.